The third-order valence-corrected chi connectivity index (χ3v) is 4.19. The molecule has 0 radical (unpaired) electrons. The van der Waals surface area contributed by atoms with Crippen LogP contribution < -0.4 is 10.6 Å². The number of rotatable bonds is 5. The van der Waals surface area contributed by atoms with E-state index in [1.807, 2.05) is 12.3 Å². The van der Waals surface area contributed by atoms with Gasteiger partial charge in [-0.1, -0.05) is 12.1 Å². The van der Waals surface area contributed by atoms with Gasteiger partial charge < -0.3 is 10.6 Å². The van der Waals surface area contributed by atoms with Crippen LogP contribution in [0.4, 0.5) is 5.69 Å². The van der Waals surface area contributed by atoms with E-state index in [2.05, 4.69) is 15.6 Å². The zero-order valence-electron chi connectivity index (χ0n) is 12.3. The highest BCUT2D eigenvalue weighted by molar-refractivity contribution is 7.09. The Bertz CT molecular complexity index is 707. The molecule has 0 bridgehead atoms. The lowest BCUT2D eigenvalue weighted by Gasteiger charge is -2.10. The minimum atomic E-state index is -0.169. The molecule has 0 unspecified atom stereocenters. The van der Waals surface area contributed by atoms with E-state index in [4.69, 9.17) is 0 Å². The standard InChI is InChI=1S/C16H17N3O2S/c1-10-17-12(9-22-10)8-15(20)19-14-5-3-2-4-13(14)16(21)18-11-6-7-11/h2-5,9,11H,6-8H2,1H3,(H,18,21)(H,19,20). The summed E-state index contributed by atoms with van der Waals surface area (Å²) < 4.78 is 0. The SMILES string of the molecule is Cc1nc(CC(=O)Nc2ccccc2C(=O)NC2CC2)cs1. The molecule has 0 aliphatic heterocycles. The quantitative estimate of drug-likeness (QED) is 0.890. The number of amides is 2. The van der Waals surface area contributed by atoms with Crippen molar-refractivity contribution in [3.63, 3.8) is 0 Å². The second kappa shape index (κ2) is 6.27. The molecule has 114 valence electrons. The molecule has 0 spiro atoms. The van der Waals surface area contributed by atoms with E-state index in [9.17, 15) is 9.59 Å². The Morgan fingerprint density at radius 2 is 2.09 bits per heavy atom. The third-order valence-electron chi connectivity index (χ3n) is 3.37. The average Bonchev–Trinajstić information content (AvgIpc) is 3.20. The molecule has 1 fully saturated rings. The van der Waals surface area contributed by atoms with Crippen molar-refractivity contribution in [2.24, 2.45) is 0 Å². The molecular formula is C16H17N3O2S. The molecule has 1 aliphatic carbocycles. The van der Waals surface area contributed by atoms with Crippen LogP contribution in [0.15, 0.2) is 29.6 Å². The van der Waals surface area contributed by atoms with E-state index in [0.29, 0.717) is 11.3 Å². The predicted molar refractivity (Wildman–Crippen MR) is 86.1 cm³/mol. The number of hydrogen-bond acceptors (Lipinski definition) is 4. The Kier molecular flexibility index (Phi) is 4.20. The molecular weight excluding hydrogens is 298 g/mol. The second-order valence-corrected chi connectivity index (χ2v) is 6.44. The monoisotopic (exact) mass is 315 g/mol. The van der Waals surface area contributed by atoms with Crippen molar-refractivity contribution in [2.45, 2.75) is 32.2 Å². The predicted octanol–water partition coefficient (Wildman–Crippen LogP) is 2.52. The van der Waals surface area contributed by atoms with Crippen molar-refractivity contribution in [1.29, 1.82) is 0 Å². The fourth-order valence-corrected chi connectivity index (χ4v) is 2.74. The summed E-state index contributed by atoms with van der Waals surface area (Å²) in [6.07, 6.45) is 2.27. The topological polar surface area (TPSA) is 71.1 Å². The Morgan fingerprint density at radius 3 is 2.77 bits per heavy atom. The molecule has 0 atom stereocenters. The van der Waals surface area contributed by atoms with E-state index >= 15 is 0 Å². The molecule has 5 nitrogen and oxygen atoms in total. The van der Waals surface area contributed by atoms with Gasteiger partial charge in [0.15, 0.2) is 0 Å². The van der Waals surface area contributed by atoms with Gasteiger partial charge in [0.25, 0.3) is 5.91 Å². The summed E-state index contributed by atoms with van der Waals surface area (Å²) in [6.45, 7) is 1.91. The van der Waals surface area contributed by atoms with Gasteiger partial charge in [-0.3, -0.25) is 9.59 Å². The summed E-state index contributed by atoms with van der Waals surface area (Å²) in [7, 11) is 0. The summed E-state index contributed by atoms with van der Waals surface area (Å²) in [6, 6.07) is 7.35. The number of benzene rings is 1. The molecule has 1 aromatic carbocycles. The fourth-order valence-electron chi connectivity index (χ4n) is 2.13. The minimum Gasteiger partial charge on any atom is -0.349 e. The summed E-state index contributed by atoms with van der Waals surface area (Å²) >= 11 is 1.52. The van der Waals surface area contributed by atoms with Crippen LogP contribution in [0, 0.1) is 6.92 Å². The number of aromatic nitrogens is 1. The Hall–Kier alpha value is -2.21. The van der Waals surface area contributed by atoms with Crippen molar-refractivity contribution >= 4 is 28.8 Å². The highest BCUT2D eigenvalue weighted by Crippen LogP contribution is 2.21. The maximum absolute atomic E-state index is 12.2. The Morgan fingerprint density at radius 1 is 1.32 bits per heavy atom. The van der Waals surface area contributed by atoms with E-state index in [1.54, 1.807) is 24.3 Å². The number of thiazole rings is 1. The van der Waals surface area contributed by atoms with E-state index in [1.165, 1.54) is 11.3 Å². The third kappa shape index (κ3) is 3.71. The molecule has 1 aliphatic rings. The summed E-state index contributed by atoms with van der Waals surface area (Å²) in [4.78, 5) is 28.6. The minimum absolute atomic E-state index is 0.136. The first kappa shape index (κ1) is 14.7. The lowest BCUT2D eigenvalue weighted by Crippen LogP contribution is -2.27. The van der Waals surface area contributed by atoms with Gasteiger partial charge in [0, 0.05) is 11.4 Å². The van der Waals surface area contributed by atoms with Gasteiger partial charge in [0.2, 0.25) is 5.91 Å². The van der Waals surface area contributed by atoms with Crippen LogP contribution in [-0.4, -0.2) is 22.8 Å². The van der Waals surface area contributed by atoms with Gasteiger partial charge in [0.1, 0.15) is 0 Å². The van der Waals surface area contributed by atoms with Crippen molar-refractivity contribution in [3.8, 4) is 0 Å². The van der Waals surface area contributed by atoms with Crippen molar-refractivity contribution in [1.82, 2.24) is 10.3 Å². The van der Waals surface area contributed by atoms with Crippen LogP contribution in [-0.2, 0) is 11.2 Å². The summed E-state index contributed by atoms with van der Waals surface area (Å²) in [5.41, 5.74) is 1.79. The average molecular weight is 315 g/mol. The van der Waals surface area contributed by atoms with E-state index in [0.717, 1.165) is 23.5 Å². The Balaban J connectivity index is 1.68. The van der Waals surface area contributed by atoms with Gasteiger partial charge in [-0.05, 0) is 31.9 Å². The first-order valence-corrected chi connectivity index (χ1v) is 8.10. The summed E-state index contributed by atoms with van der Waals surface area (Å²) in [5.74, 6) is -0.306. The normalized spacial score (nSPS) is 13.7. The number of carbonyl (C=O) groups is 2. The molecule has 3 rings (SSSR count). The van der Waals surface area contributed by atoms with Crippen molar-refractivity contribution in [2.75, 3.05) is 5.32 Å². The van der Waals surface area contributed by atoms with Crippen molar-refractivity contribution < 1.29 is 9.59 Å². The van der Waals surface area contributed by atoms with E-state index in [-0.39, 0.29) is 24.3 Å². The highest BCUT2D eigenvalue weighted by atomic mass is 32.1. The smallest absolute Gasteiger partial charge is 0.253 e. The molecule has 2 N–H and O–H groups in total. The van der Waals surface area contributed by atoms with Crippen LogP contribution in [0.25, 0.3) is 0 Å². The van der Waals surface area contributed by atoms with Crippen molar-refractivity contribution in [3.05, 3.63) is 45.9 Å². The second-order valence-electron chi connectivity index (χ2n) is 5.38. The Labute approximate surface area is 132 Å². The largest absolute Gasteiger partial charge is 0.349 e. The van der Waals surface area contributed by atoms with Gasteiger partial charge in [-0.15, -0.1) is 11.3 Å². The molecule has 1 aromatic heterocycles. The van der Waals surface area contributed by atoms with Gasteiger partial charge in [-0.25, -0.2) is 4.98 Å². The molecule has 0 saturated heterocycles. The molecule has 2 amide bonds. The number of hydrogen-bond donors (Lipinski definition) is 2. The van der Waals surface area contributed by atoms with Crippen LogP contribution in [0.3, 0.4) is 0 Å². The first-order valence-electron chi connectivity index (χ1n) is 7.22. The van der Waals surface area contributed by atoms with Crippen LogP contribution >= 0.6 is 11.3 Å². The number of nitrogens with one attached hydrogen (secondary N) is 2. The molecule has 22 heavy (non-hydrogen) atoms. The lowest BCUT2D eigenvalue weighted by atomic mass is 10.1. The van der Waals surface area contributed by atoms with Gasteiger partial charge in [0.05, 0.1) is 28.4 Å². The number of nitrogens with zero attached hydrogens (tertiary/aromatic N) is 1. The zero-order chi connectivity index (χ0) is 15.5. The number of aryl methyl sites for hydroxylation is 1. The lowest BCUT2D eigenvalue weighted by molar-refractivity contribution is -0.115. The first-order chi connectivity index (χ1) is 10.6. The van der Waals surface area contributed by atoms with Gasteiger partial charge in [-0.2, -0.15) is 0 Å². The number of para-hydroxylation sites is 1. The highest BCUT2D eigenvalue weighted by Gasteiger charge is 2.25. The molecule has 2 aromatic rings. The number of anilines is 1. The van der Waals surface area contributed by atoms with Crippen LogP contribution in [0.5, 0.6) is 0 Å². The maximum atomic E-state index is 12.2. The molecule has 1 heterocycles. The maximum Gasteiger partial charge on any atom is 0.253 e. The number of carbonyl (C=O) groups excluding carboxylic acids is 2. The molecule has 1 saturated carbocycles. The van der Waals surface area contributed by atoms with Crippen LogP contribution in [0.1, 0.15) is 33.9 Å². The van der Waals surface area contributed by atoms with Gasteiger partial charge >= 0.3 is 0 Å². The zero-order valence-corrected chi connectivity index (χ0v) is 13.1. The van der Waals surface area contributed by atoms with E-state index < -0.39 is 0 Å². The van der Waals surface area contributed by atoms with Crippen LogP contribution in [0.2, 0.25) is 0 Å². The molecule has 6 heteroatoms. The summed E-state index contributed by atoms with van der Waals surface area (Å²) in [5, 5.41) is 8.56. The fraction of sp³-hybridized carbons (Fsp3) is 0.312.